The highest BCUT2D eigenvalue weighted by atomic mass is 35.5. The Balaban J connectivity index is 1.54. The number of hydrogen-bond acceptors (Lipinski definition) is 6. The van der Waals surface area contributed by atoms with Crippen molar-refractivity contribution in [1.29, 1.82) is 5.26 Å². The second-order valence-electron chi connectivity index (χ2n) is 8.73. The van der Waals surface area contributed by atoms with Gasteiger partial charge in [0, 0.05) is 33.9 Å². The number of dihydropyridines is 1. The second-order valence-corrected chi connectivity index (χ2v) is 9.14. The largest absolute Gasteiger partial charge is 0.487 e. The molecule has 0 saturated heterocycles. The molecule has 184 valence electrons. The van der Waals surface area contributed by atoms with E-state index in [9.17, 15) is 14.9 Å². The van der Waals surface area contributed by atoms with Crippen LogP contribution < -0.4 is 10.1 Å². The van der Waals surface area contributed by atoms with E-state index in [0.717, 1.165) is 11.1 Å². The zero-order chi connectivity index (χ0) is 26.1. The zero-order valence-electron chi connectivity index (χ0n) is 20.3. The Labute approximate surface area is 219 Å². The lowest BCUT2D eigenvalue weighted by molar-refractivity contribution is -0.138. The van der Waals surface area contributed by atoms with Crippen LogP contribution in [0.5, 0.6) is 5.75 Å². The third kappa shape index (κ3) is 4.28. The Bertz CT molecular complexity index is 1550. The quantitative estimate of drug-likeness (QED) is 0.414. The van der Waals surface area contributed by atoms with E-state index in [4.69, 9.17) is 21.1 Å². The number of hydrogen-bond donors (Lipinski definition) is 1. The number of nitrogens with zero attached hydrogens (tertiary/aromatic N) is 1. The summed E-state index contributed by atoms with van der Waals surface area (Å²) >= 11 is 6.64. The van der Waals surface area contributed by atoms with Crippen molar-refractivity contribution in [2.75, 3.05) is 6.61 Å². The van der Waals surface area contributed by atoms with Crippen LogP contribution >= 0.6 is 11.6 Å². The Hall–Kier alpha value is -4.34. The average Bonchev–Trinajstić information content (AvgIpc) is 3.18. The van der Waals surface area contributed by atoms with Crippen LogP contribution in [0.15, 0.2) is 83.6 Å². The first-order valence-corrected chi connectivity index (χ1v) is 12.3. The molecule has 3 aromatic carbocycles. The van der Waals surface area contributed by atoms with E-state index in [1.54, 1.807) is 50.2 Å². The van der Waals surface area contributed by atoms with Crippen LogP contribution in [-0.4, -0.2) is 18.4 Å². The number of nitriles is 1. The van der Waals surface area contributed by atoms with E-state index in [2.05, 4.69) is 11.4 Å². The summed E-state index contributed by atoms with van der Waals surface area (Å²) in [6, 6.07) is 22.0. The molecule has 7 heteroatoms. The molecule has 6 nitrogen and oxygen atoms in total. The van der Waals surface area contributed by atoms with Crippen LogP contribution in [0.2, 0.25) is 5.02 Å². The first-order valence-electron chi connectivity index (χ1n) is 11.9. The number of ether oxygens (including phenoxy) is 2. The number of nitrogens with one attached hydrogen (secondary N) is 1. The molecular formula is C30H23ClN2O4. The van der Waals surface area contributed by atoms with E-state index in [1.807, 2.05) is 30.3 Å². The minimum Gasteiger partial charge on any atom is -0.487 e. The molecule has 0 saturated carbocycles. The lowest BCUT2D eigenvalue weighted by Gasteiger charge is -2.29. The molecule has 37 heavy (non-hydrogen) atoms. The second kappa shape index (κ2) is 9.96. The van der Waals surface area contributed by atoms with Crippen LogP contribution in [0.25, 0.3) is 5.70 Å². The highest BCUT2D eigenvalue weighted by Gasteiger charge is 2.43. The lowest BCUT2D eigenvalue weighted by Crippen LogP contribution is -2.29. The van der Waals surface area contributed by atoms with Gasteiger partial charge >= 0.3 is 5.97 Å². The molecule has 3 aromatic rings. The van der Waals surface area contributed by atoms with Crippen molar-refractivity contribution in [3.63, 3.8) is 0 Å². The van der Waals surface area contributed by atoms with Crippen LogP contribution in [-0.2, 0) is 16.1 Å². The van der Waals surface area contributed by atoms with Gasteiger partial charge in [0.1, 0.15) is 12.4 Å². The number of allylic oxidation sites excluding steroid dienone is 2. The van der Waals surface area contributed by atoms with Crippen molar-refractivity contribution in [2.24, 2.45) is 0 Å². The van der Waals surface area contributed by atoms with Crippen molar-refractivity contribution in [3.05, 3.63) is 116 Å². The Morgan fingerprint density at radius 1 is 1.08 bits per heavy atom. The molecule has 1 heterocycles. The van der Waals surface area contributed by atoms with E-state index in [-0.39, 0.29) is 19.0 Å². The normalized spacial score (nSPS) is 16.1. The van der Waals surface area contributed by atoms with E-state index >= 15 is 0 Å². The van der Waals surface area contributed by atoms with E-state index in [1.165, 1.54) is 0 Å². The summed E-state index contributed by atoms with van der Waals surface area (Å²) in [6.45, 7) is 3.93. The maximum atomic E-state index is 13.6. The SMILES string of the molecule is CCOC(=O)C1=C(C)NC2=C(C(=O)c3ccccc32)[C@@H]1c1ccc(OCc2ccccc2C#N)c(Cl)c1. The minimum absolute atomic E-state index is 0.137. The number of carbonyl (C=O) groups is 2. The maximum Gasteiger partial charge on any atom is 0.336 e. The summed E-state index contributed by atoms with van der Waals surface area (Å²) in [5.74, 6) is -0.860. The van der Waals surface area contributed by atoms with Gasteiger partial charge in [0.2, 0.25) is 0 Å². The van der Waals surface area contributed by atoms with Crippen molar-refractivity contribution in [2.45, 2.75) is 26.4 Å². The average molecular weight is 511 g/mol. The van der Waals surface area contributed by atoms with Crippen LogP contribution in [0.3, 0.4) is 0 Å². The Kier molecular flexibility index (Phi) is 6.56. The predicted octanol–water partition coefficient (Wildman–Crippen LogP) is 5.92. The molecule has 0 aromatic heterocycles. The lowest BCUT2D eigenvalue weighted by atomic mass is 9.80. The molecule has 1 N–H and O–H groups in total. The smallest absolute Gasteiger partial charge is 0.336 e. The van der Waals surface area contributed by atoms with Crippen LogP contribution in [0, 0.1) is 11.3 Å². The minimum atomic E-state index is -0.666. The molecule has 0 unspecified atom stereocenters. The Morgan fingerprint density at radius 2 is 1.81 bits per heavy atom. The van der Waals surface area contributed by atoms with Gasteiger partial charge in [-0.3, -0.25) is 4.79 Å². The van der Waals surface area contributed by atoms with Crippen molar-refractivity contribution < 1.29 is 19.1 Å². The first kappa shape index (κ1) is 24.4. The van der Waals surface area contributed by atoms with Gasteiger partial charge in [0.15, 0.2) is 5.78 Å². The number of benzene rings is 3. The van der Waals surface area contributed by atoms with Gasteiger partial charge in [-0.25, -0.2) is 4.79 Å². The molecule has 0 radical (unpaired) electrons. The number of carbonyl (C=O) groups excluding carboxylic acids is 2. The van der Waals surface area contributed by atoms with E-state index in [0.29, 0.717) is 50.0 Å². The monoisotopic (exact) mass is 510 g/mol. The summed E-state index contributed by atoms with van der Waals surface area (Å²) < 4.78 is 11.3. The van der Waals surface area contributed by atoms with Crippen molar-refractivity contribution in [1.82, 2.24) is 5.32 Å². The summed E-state index contributed by atoms with van der Waals surface area (Å²) in [7, 11) is 0. The van der Waals surface area contributed by atoms with Gasteiger partial charge in [-0.15, -0.1) is 0 Å². The van der Waals surface area contributed by atoms with Gasteiger partial charge < -0.3 is 14.8 Å². The van der Waals surface area contributed by atoms with Gasteiger partial charge in [-0.05, 0) is 37.6 Å². The molecule has 1 atom stereocenters. The fourth-order valence-electron chi connectivity index (χ4n) is 4.87. The summed E-state index contributed by atoms with van der Waals surface area (Å²) in [4.78, 5) is 26.7. The summed E-state index contributed by atoms with van der Waals surface area (Å²) in [5.41, 5.74) is 5.52. The summed E-state index contributed by atoms with van der Waals surface area (Å²) in [5, 5.41) is 12.9. The topological polar surface area (TPSA) is 88.4 Å². The fraction of sp³-hybridized carbons (Fsp3) is 0.167. The molecule has 1 aliphatic heterocycles. The molecule has 0 fully saturated rings. The predicted molar refractivity (Wildman–Crippen MR) is 140 cm³/mol. The number of esters is 1. The van der Waals surface area contributed by atoms with Gasteiger partial charge in [0.05, 0.1) is 34.5 Å². The highest BCUT2D eigenvalue weighted by Crippen LogP contribution is 2.47. The zero-order valence-corrected chi connectivity index (χ0v) is 21.1. The van der Waals surface area contributed by atoms with Gasteiger partial charge in [-0.1, -0.05) is 60.1 Å². The van der Waals surface area contributed by atoms with Gasteiger partial charge in [-0.2, -0.15) is 5.26 Å². The molecule has 1 aliphatic carbocycles. The molecule has 0 bridgehead atoms. The molecule has 2 aliphatic rings. The standard InChI is InChI=1S/C30H23ClN2O4/c1-3-36-30(35)25-17(2)33-28-21-10-6-7-11-22(21)29(34)27(28)26(25)18-12-13-24(23(31)14-18)37-16-20-9-5-4-8-19(20)15-32/h4-14,26,33H,3,16H2,1-2H3/t26-/m1/s1. The molecule has 0 amide bonds. The third-order valence-corrected chi connectivity index (χ3v) is 6.85. The third-order valence-electron chi connectivity index (χ3n) is 6.55. The number of halogens is 1. The van der Waals surface area contributed by atoms with E-state index < -0.39 is 11.9 Å². The van der Waals surface area contributed by atoms with Crippen LogP contribution in [0.4, 0.5) is 0 Å². The molecular weight excluding hydrogens is 488 g/mol. The van der Waals surface area contributed by atoms with Crippen molar-refractivity contribution in [3.8, 4) is 11.8 Å². The molecule has 0 spiro atoms. The molecule has 5 rings (SSSR count). The number of fused-ring (bicyclic) bond motifs is 2. The van der Waals surface area contributed by atoms with Crippen molar-refractivity contribution >= 4 is 29.1 Å². The number of Topliss-reactive ketones (excluding diaryl/α,β-unsaturated/α-hetero) is 1. The van der Waals surface area contributed by atoms with Gasteiger partial charge in [0.25, 0.3) is 0 Å². The Morgan fingerprint density at radius 3 is 2.54 bits per heavy atom. The first-order chi connectivity index (χ1) is 17.9. The number of rotatable bonds is 6. The maximum absolute atomic E-state index is 13.6. The van der Waals surface area contributed by atoms with Crippen LogP contribution in [0.1, 0.15) is 52.4 Å². The highest BCUT2D eigenvalue weighted by molar-refractivity contribution is 6.32. The summed E-state index contributed by atoms with van der Waals surface area (Å²) in [6.07, 6.45) is 0. The number of ketones is 1. The fourth-order valence-corrected chi connectivity index (χ4v) is 5.11.